The SMILES string of the molecule is CC(C)[CH2][Sn]([CH2]C(C)C)([N]=[N+]=[N-])[O][Sn]([CH2]C(C)C)([CH2]C(C)C)[N]=[N+]=[N-]. The standard InChI is InChI=1S/4C4H9.2N3.O.2Sn/c4*1-4(2)3;2*1-3-2;;;/h4*4H,1H2,2-3H3;;;;;/q;;;;2*-1;;2*+1. The fraction of sp³-hybridized carbons (Fsp3) is 1.00. The Labute approximate surface area is 163 Å². The van der Waals surface area contributed by atoms with Crippen molar-refractivity contribution in [2.75, 3.05) is 0 Å². The Hall–Kier alpha value is 0.177. The summed E-state index contributed by atoms with van der Waals surface area (Å²) in [5, 5.41) is 0. The van der Waals surface area contributed by atoms with E-state index in [0.29, 0.717) is 23.7 Å². The van der Waals surface area contributed by atoms with Crippen molar-refractivity contribution in [3.05, 3.63) is 20.9 Å². The quantitative estimate of drug-likeness (QED) is 0.107. The molecule has 25 heavy (non-hydrogen) atoms. The van der Waals surface area contributed by atoms with Gasteiger partial charge in [-0.05, 0) is 0 Å². The molecule has 0 N–H and O–H groups in total. The third-order valence-electron chi connectivity index (χ3n) is 3.74. The molecule has 0 saturated carbocycles. The predicted molar refractivity (Wildman–Crippen MR) is 109 cm³/mol. The van der Waals surface area contributed by atoms with Crippen molar-refractivity contribution in [3.63, 3.8) is 0 Å². The van der Waals surface area contributed by atoms with E-state index in [9.17, 15) is 11.1 Å². The molecule has 9 heteroatoms. The summed E-state index contributed by atoms with van der Waals surface area (Å²) in [6, 6.07) is 0. The van der Waals surface area contributed by atoms with Crippen LogP contribution in [-0.4, -0.2) is 38.1 Å². The van der Waals surface area contributed by atoms with Crippen molar-refractivity contribution < 1.29 is 1.41 Å². The van der Waals surface area contributed by atoms with Gasteiger partial charge in [-0.1, -0.05) is 0 Å². The van der Waals surface area contributed by atoms with Crippen LogP contribution in [0.3, 0.4) is 0 Å². The van der Waals surface area contributed by atoms with Gasteiger partial charge in [0, 0.05) is 0 Å². The van der Waals surface area contributed by atoms with Gasteiger partial charge in [-0.25, -0.2) is 0 Å². The molecule has 0 unspecified atom stereocenters. The van der Waals surface area contributed by atoms with Crippen LogP contribution in [-0.2, 0) is 1.41 Å². The summed E-state index contributed by atoms with van der Waals surface area (Å²) in [4.78, 5) is 6.42. The Morgan fingerprint density at radius 2 is 0.880 bits per heavy atom. The average molecular weight is 566 g/mol. The van der Waals surface area contributed by atoms with Gasteiger partial charge in [0.05, 0.1) is 0 Å². The molecule has 0 aliphatic carbocycles. The molecule has 0 aromatic heterocycles. The minimum absolute atomic E-state index is 0.410. The number of azide groups is 2. The van der Waals surface area contributed by atoms with Gasteiger partial charge in [-0.15, -0.1) is 0 Å². The molecular formula is C16H36N6OSn2. The zero-order valence-electron chi connectivity index (χ0n) is 17.2. The van der Waals surface area contributed by atoms with Gasteiger partial charge in [0.15, 0.2) is 0 Å². The molecule has 0 aromatic carbocycles. The van der Waals surface area contributed by atoms with Gasteiger partial charge >= 0.3 is 164 Å². The normalized spacial score (nSPS) is 12.6. The van der Waals surface area contributed by atoms with Crippen molar-refractivity contribution in [1.29, 1.82) is 0 Å². The summed E-state index contributed by atoms with van der Waals surface area (Å²) in [7, 11) is 0. The topological polar surface area (TPSA) is 107 Å². The zero-order chi connectivity index (χ0) is 19.7. The van der Waals surface area contributed by atoms with Crippen molar-refractivity contribution in [3.8, 4) is 0 Å². The molecular weight excluding hydrogens is 530 g/mol. The predicted octanol–water partition coefficient (Wildman–Crippen LogP) is 7.13. The molecule has 0 bridgehead atoms. The third-order valence-corrected chi connectivity index (χ3v) is 39.7. The molecule has 0 heterocycles. The first-order valence-corrected chi connectivity index (χ1v) is 22.3. The summed E-state index contributed by atoms with van der Waals surface area (Å²) in [6.45, 7) is 17.2. The summed E-state index contributed by atoms with van der Waals surface area (Å²) in [5.74, 6) is 1.64. The first-order valence-electron chi connectivity index (χ1n) is 9.32. The Bertz CT molecular complexity index is 433. The Balaban J connectivity index is 6.14. The molecule has 7 nitrogen and oxygen atoms in total. The molecule has 0 radical (unpaired) electrons. The number of hydrogen-bond donors (Lipinski definition) is 0. The van der Waals surface area contributed by atoms with Crippen LogP contribution in [0.1, 0.15) is 55.4 Å². The molecule has 144 valence electrons. The van der Waals surface area contributed by atoms with E-state index in [4.69, 9.17) is 1.41 Å². The third kappa shape index (κ3) is 10.2. The minimum atomic E-state index is -3.60. The second kappa shape index (κ2) is 11.8. The van der Waals surface area contributed by atoms with E-state index in [-0.39, 0.29) is 0 Å². The van der Waals surface area contributed by atoms with Gasteiger partial charge in [0.25, 0.3) is 0 Å². The Morgan fingerprint density at radius 1 is 0.640 bits per heavy atom. The van der Waals surface area contributed by atoms with E-state index in [0.717, 1.165) is 17.7 Å². The van der Waals surface area contributed by atoms with Crippen LogP contribution in [0.15, 0.2) is 6.67 Å². The van der Waals surface area contributed by atoms with Crippen molar-refractivity contribution in [2.45, 2.75) is 73.1 Å². The summed E-state index contributed by atoms with van der Waals surface area (Å²) >= 11 is -7.20. The summed E-state index contributed by atoms with van der Waals surface area (Å²) in [5.41, 5.74) is 18.5. The van der Waals surface area contributed by atoms with E-state index >= 15 is 0 Å². The van der Waals surface area contributed by atoms with Gasteiger partial charge in [-0.2, -0.15) is 0 Å². The van der Waals surface area contributed by atoms with Crippen LogP contribution in [0.2, 0.25) is 17.7 Å². The molecule has 0 atom stereocenters. The second-order valence-electron chi connectivity index (χ2n) is 8.77. The van der Waals surface area contributed by atoms with E-state index in [1.807, 2.05) is 0 Å². The number of nitrogens with zero attached hydrogens (tertiary/aromatic N) is 6. The molecule has 0 rings (SSSR count). The summed E-state index contributed by atoms with van der Waals surface area (Å²) in [6.07, 6.45) is 0. The zero-order valence-corrected chi connectivity index (χ0v) is 22.9. The maximum absolute atomic E-state index is 9.27. The first-order chi connectivity index (χ1) is 11.5. The molecule has 0 aliphatic rings. The monoisotopic (exact) mass is 568 g/mol. The maximum atomic E-state index is 9.27. The van der Waals surface area contributed by atoms with Crippen LogP contribution < -0.4 is 0 Å². The van der Waals surface area contributed by atoms with Crippen LogP contribution in [0.25, 0.3) is 20.9 Å². The van der Waals surface area contributed by atoms with Gasteiger partial charge in [0.1, 0.15) is 0 Å². The van der Waals surface area contributed by atoms with E-state index < -0.39 is 38.1 Å². The molecule has 0 aromatic rings. The van der Waals surface area contributed by atoms with E-state index in [1.54, 1.807) is 0 Å². The van der Waals surface area contributed by atoms with Crippen LogP contribution in [0.4, 0.5) is 0 Å². The average Bonchev–Trinajstić information content (AvgIpc) is 2.34. The fourth-order valence-corrected chi connectivity index (χ4v) is 45.7. The second-order valence-corrected chi connectivity index (χ2v) is 29.9. The number of rotatable bonds is 12. The Kier molecular flexibility index (Phi) is 11.9. The molecule has 0 amide bonds. The first kappa shape index (κ1) is 25.2. The van der Waals surface area contributed by atoms with Gasteiger partial charge in [-0.3, -0.25) is 0 Å². The van der Waals surface area contributed by atoms with Crippen LogP contribution >= 0.6 is 0 Å². The fourth-order valence-electron chi connectivity index (χ4n) is 3.61. The Morgan fingerprint density at radius 3 is 1.04 bits per heavy atom. The van der Waals surface area contributed by atoms with Gasteiger partial charge < -0.3 is 0 Å². The molecule has 0 saturated heterocycles. The van der Waals surface area contributed by atoms with Crippen molar-refractivity contribution >= 4 is 38.1 Å². The summed E-state index contributed by atoms with van der Waals surface area (Å²) < 4.78 is 19.1. The van der Waals surface area contributed by atoms with Gasteiger partial charge in [0.2, 0.25) is 0 Å². The molecule has 0 aliphatic heterocycles. The van der Waals surface area contributed by atoms with Crippen LogP contribution in [0.5, 0.6) is 0 Å². The van der Waals surface area contributed by atoms with Crippen molar-refractivity contribution in [1.82, 2.24) is 0 Å². The molecule has 0 spiro atoms. The number of hydrogen-bond acceptors (Lipinski definition) is 3. The van der Waals surface area contributed by atoms with Crippen molar-refractivity contribution in [2.24, 2.45) is 30.3 Å². The molecule has 0 fully saturated rings. The van der Waals surface area contributed by atoms with Crippen LogP contribution in [0, 0.1) is 23.7 Å². The van der Waals surface area contributed by atoms with E-state index in [2.05, 4.69) is 71.9 Å². The van der Waals surface area contributed by atoms with E-state index in [1.165, 1.54) is 0 Å².